The first-order chi connectivity index (χ1) is 40.7. The van der Waals surface area contributed by atoms with E-state index in [0.29, 0.717) is 0 Å². The van der Waals surface area contributed by atoms with Crippen molar-refractivity contribution < 1.29 is 37.6 Å². The normalized spacial score (nSPS) is 12.9. The van der Waals surface area contributed by atoms with Crippen molar-refractivity contribution in [2.75, 3.05) is 26.4 Å². The molecule has 83 heavy (non-hydrogen) atoms. The van der Waals surface area contributed by atoms with Crippen molar-refractivity contribution >= 4 is 19.8 Å². The van der Waals surface area contributed by atoms with Crippen LogP contribution in [0.3, 0.4) is 0 Å². The second-order valence-electron chi connectivity index (χ2n) is 26.0. The topological polar surface area (TPSA) is 134 Å². The van der Waals surface area contributed by atoms with Gasteiger partial charge in [0.2, 0.25) is 0 Å². The number of esters is 2. The highest BCUT2D eigenvalue weighted by molar-refractivity contribution is 7.47. The molecule has 0 aromatic carbocycles. The molecule has 0 saturated carbocycles. The molecular weight excluding hydrogens is 1050 g/mol. The third-order valence-electron chi connectivity index (χ3n) is 17.8. The van der Waals surface area contributed by atoms with Gasteiger partial charge >= 0.3 is 19.8 Å². The van der Waals surface area contributed by atoms with Crippen LogP contribution in [0.5, 0.6) is 0 Å². The smallest absolute Gasteiger partial charge is 0.461 e. The summed E-state index contributed by atoms with van der Waals surface area (Å²) >= 11 is 0. The summed E-state index contributed by atoms with van der Waals surface area (Å²) in [5.41, 5.74) is 5.58. The first-order valence-electron chi connectivity index (χ1n) is 37.4. The zero-order valence-corrected chi connectivity index (χ0v) is 57.2. The molecule has 2 atom stereocenters. The summed E-state index contributed by atoms with van der Waals surface area (Å²) in [7, 11) is -4.48. The van der Waals surface area contributed by atoms with Crippen LogP contribution in [0.25, 0.3) is 0 Å². The van der Waals surface area contributed by atoms with Gasteiger partial charge in [-0.2, -0.15) is 0 Å². The molecule has 0 aliphatic carbocycles. The maximum atomic E-state index is 14.3. The summed E-state index contributed by atoms with van der Waals surface area (Å²) in [5, 5.41) is 0. The second-order valence-corrected chi connectivity index (χ2v) is 27.5. The van der Waals surface area contributed by atoms with E-state index < -0.39 is 20.5 Å². The van der Waals surface area contributed by atoms with Gasteiger partial charge in [-0.1, -0.05) is 387 Å². The molecule has 0 aliphatic heterocycles. The molecule has 0 saturated heterocycles. The Labute approximate surface area is 517 Å². The molecule has 3 N–H and O–H groups in total. The Morgan fingerprint density at radius 3 is 0.771 bits per heavy atom. The second kappa shape index (κ2) is 67.0. The van der Waals surface area contributed by atoms with E-state index in [0.717, 1.165) is 77.0 Å². The van der Waals surface area contributed by atoms with Crippen molar-refractivity contribution in [3.63, 3.8) is 0 Å². The SMILES string of the molecule is CCCCCCCCCCCCCCCCC(CCCCCCCCCCCCCCCC)C(=O)OC[C@H](COP(=O)(O)OCCN)OC(=O)C(CCCCCCCCCCCCCCCC)CCCCCCCCCCCCCCCC. The summed E-state index contributed by atoms with van der Waals surface area (Å²) in [6.45, 7) is 8.40. The van der Waals surface area contributed by atoms with Gasteiger partial charge in [-0.05, 0) is 25.7 Å². The Morgan fingerprint density at radius 1 is 0.325 bits per heavy atom. The number of hydrogen-bond donors (Lipinski definition) is 2. The number of carbonyl (C=O) groups excluding carboxylic acids is 2. The highest BCUT2D eigenvalue weighted by Gasteiger charge is 2.30. The van der Waals surface area contributed by atoms with Gasteiger partial charge in [0.05, 0.1) is 25.0 Å². The minimum absolute atomic E-state index is 0.0597. The Bertz CT molecular complexity index is 1290. The minimum Gasteiger partial charge on any atom is -0.461 e. The maximum absolute atomic E-state index is 14.3. The van der Waals surface area contributed by atoms with Crippen LogP contribution >= 0.6 is 7.82 Å². The van der Waals surface area contributed by atoms with Crippen LogP contribution in [0.15, 0.2) is 0 Å². The molecule has 0 rings (SSSR count). The lowest BCUT2D eigenvalue weighted by Crippen LogP contribution is -2.33. The first kappa shape index (κ1) is 82.0. The Kier molecular flexibility index (Phi) is 66.2. The number of ether oxygens (including phenoxy) is 2. The average Bonchev–Trinajstić information content (AvgIpc) is 3.54. The zero-order valence-electron chi connectivity index (χ0n) is 56.3. The molecule has 0 aliphatic rings. The van der Waals surface area contributed by atoms with Crippen molar-refractivity contribution in [3.05, 3.63) is 0 Å². The predicted octanol–water partition coefficient (Wildman–Crippen LogP) is 24.3. The number of rotatable bonds is 71. The molecule has 496 valence electrons. The van der Waals surface area contributed by atoms with Gasteiger partial charge in [0, 0.05) is 6.54 Å². The number of phosphoric acid groups is 1. The van der Waals surface area contributed by atoms with Crippen LogP contribution in [-0.4, -0.2) is 49.3 Å². The van der Waals surface area contributed by atoms with Crippen LogP contribution in [0.2, 0.25) is 0 Å². The lowest BCUT2D eigenvalue weighted by atomic mass is 9.94. The fourth-order valence-corrected chi connectivity index (χ4v) is 12.9. The van der Waals surface area contributed by atoms with Crippen molar-refractivity contribution in [3.8, 4) is 0 Å². The lowest BCUT2D eigenvalue weighted by molar-refractivity contribution is -0.167. The highest BCUT2D eigenvalue weighted by Crippen LogP contribution is 2.43. The molecule has 0 bridgehead atoms. The molecule has 0 aromatic rings. The molecule has 0 spiro atoms. The summed E-state index contributed by atoms with van der Waals surface area (Å²) in [6, 6.07) is 0. The van der Waals surface area contributed by atoms with E-state index in [1.54, 1.807) is 0 Å². The van der Waals surface area contributed by atoms with Gasteiger partial charge in [-0.15, -0.1) is 0 Å². The standard InChI is InChI=1S/C73H146NO8P/c1-5-9-13-17-21-25-29-33-37-41-45-49-53-57-61-69(62-58-54-50-46-42-38-34-30-26-22-18-14-10-6-2)72(75)79-67-71(68-81-83(77,78)80-66-65-74)82-73(76)70(63-59-55-51-47-43-39-35-31-27-23-19-15-11-7-3)64-60-56-52-48-44-40-36-32-28-24-20-16-12-8-4/h69-71H,5-68,74H2,1-4H3,(H,77,78)/t71-/m1/s1. The van der Waals surface area contributed by atoms with E-state index in [4.69, 9.17) is 24.3 Å². The van der Waals surface area contributed by atoms with Gasteiger partial charge in [-0.25, -0.2) is 4.57 Å². The average molecular weight is 1200 g/mol. The van der Waals surface area contributed by atoms with Crippen molar-refractivity contribution in [2.45, 2.75) is 419 Å². The Balaban J connectivity index is 5.65. The number of hydrogen-bond acceptors (Lipinski definition) is 8. The Hall–Kier alpha value is -0.990. The zero-order chi connectivity index (χ0) is 60.5. The van der Waals surface area contributed by atoms with Gasteiger partial charge < -0.3 is 20.1 Å². The van der Waals surface area contributed by atoms with E-state index in [1.807, 2.05) is 0 Å². The van der Waals surface area contributed by atoms with Gasteiger partial charge in [0.15, 0.2) is 6.10 Å². The van der Waals surface area contributed by atoms with E-state index in [2.05, 4.69) is 27.7 Å². The monoisotopic (exact) mass is 1200 g/mol. The van der Waals surface area contributed by atoms with E-state index in [-0.39, 0.29) is 43.5 Å². The van der Waals surface area contributed by atoms with Crippen LogP contribution in [0.1, 0.15) is 413 Å². The third kappa shape index (κ3) is 61.1. The molecular formula is C73H146NO8P. The largest absolute Gasteiger partial charge is 0.472 e. The lowest BCUT2D eigenvalue weighted by Gasteiger charge is -2.24. The highest BCUT2D eigenvalue weighted by atomic mass is 31.2. The molecule has 0 aromatic heterocycles. The summed E-state index contributed by atoms with van der Waals surface area (Å²) in [6.07, 6.45) is 74.2. The predicted molar refractivity (Wildman–Crippen MR) is 358 cm³/mol. The maximum Gasteiger partial charge on any atom is 0.472 e. The number of unbranched alkanes of at least 4 members (excludes halogenated alkanes) is 52. The first-order valence-corrected chi connectivity index (χ1v) is 38.9. The van der Waals surface area contributed by atoms with Crippen molar-refractivity contribution in [1.82, 2.24) is 0 Å². The van der Waals surface area contributed by atoms with E-state index in [1.165, 1.54) is 308 Å². The third-order valence-corrected chi connectivity index (χ3v) is 18.8. The summed E-state index contributed by atoms with van der Waals surface area (Å²) < 4.78 is 35.7. The summed E-state index contributed by atoms with van der Waals surface area (Å²) in [4.78, 5) is 38.9. The van der Waals surface area contributed by atoms with E-state index in [9.17, 15) is 19.0 Å². The van der Waals surface area contributed by atoms with Gasteiger partial charge in [0.1, 0.15) is 6.61 Å². The van der Waals surface area contributed by atoms with Crippen molar-refractivity contribution in [1.29, 1.82) is 0 Å². The molecule has 10 heteroatoms. The van der Waals surface area contributed by atoms with Gasteiger partial charge in [0.25, 0.3) is 0 Å². The fraction of sp³-hybridized carbons (Fsp3) is 0.973. The fourth-order valence-electron chi connectivity index (χ4n) is 12.2. The van der Waals surface area contributed by atoms with Crippen LogP contribution in [0, 0.1) is 11.8 Å². The van der Waals surface area contributed by atoms with Crippen LogP contribution in [-0.2, 0) is 32.7 Å². The van der Waals surface area contributed by atoms with Gasteiger partial charge in [-0.3, -0.25) is 18.6 Å². The number of phosphoric ester groups is 1. The summed E-state index contributed by atoms with van der Waals surface area (Å²) in [5.74, 6) is -1.10. The number of carbonyl (C=O) groups is 2. The molecule has 1 unspecified atom stereocenters. The van der Waals surface area contributed by atoms with Crippen molar-refractivity contribution in [2.24, 2.45) is 17.6 Å². The molecule has 0 fully saturated rings. The molecule has 0 radical (unpaired) electrons. The molecule has 9 nitrogen and oxygen atoms in total. The van der Waals surface area contributed by atoms with Crippen LogP contribution < -0.4 is 5.73 Å². The Morgan fingerprint density at radius 2 is 0.542 bits per heavy atom. The molecule has 0 amide bonds. The number of nitrogens with two attached hydrogens (primary N) is 1. The van der Waals surface area contributed by atoms with E-state index >= 15 is 0 Å². The quantitative estimate of drug-likeness (QED) is 0.0347. The minimum atomic E-state index is -4.48. The molecule has 0 heterocycles. The van der Waals surface area contributed by atoms with Crippen LogP contribution in [0.4, 0.5) is 0 Å².